The predicted octanol–water partition coefficient (Wildman–Crippen LogP) is 3.26. The zero-order valence-electron chi connectivity index (χ0n) is 9.18. The number of hydrogen-bond acceptors (Lipinski definition) is 3. The van der Waals surface area contributed by atoms with E-state index in [1.165, 1.54) is 6.20 Å². The number of carbonyl (C=O) groups is 1. The van der Waals surface area contributed by atoms with Crippen molar-refractivity contribution >= 4 is 17.6 Å². The summed E-state index contributed by atoms with van der Waals surface area (Å²) in [6, 6.07) is 8.59. The number of carbonyl (C=O) groups excluding carboxylic acids is 1. The molecule has 3 nitrogen and oxygen atoms in total. The highest BCUT2D eigenvalue weighted by Crippen LogP contribution is 2.21. The van der Waals surface area contributed by atoms with Gasteiger partial charge in [-0.1, -0.05) is 23.7 Å². The summed E-state index contributed by atoms with van der Waals surface area (Å²) in [5.74, 6) is -0.0817. The molecule has 17 heavy (non-hydrogen) atoms. The van der Waals surface area contributed by atoms with E-state index in [1.807, 2.05) is 13.0 Å². The second-order valence-electron chi connectivity index (χ2n) is 3.51. The van der Waals surface area contributed by atoms with Crippen molar-refractivity contribution in [3.8, 4) is 5.75 Å². The van der Waals surface area contributed by atoms with Crippen LogP contribution in [0, 0.1) is 6.92 Å². The molecule has 2 rings (SSSR count). The Morgan fingerprint density at radius 3 is 2.82 bits per heavy atom. The van der Waals surface area contributed by atoms with E-state index in [0.717, 1.165) is 5.56 Å². The summed E-state index contributed by atoms with van der Waals surface area (Å²) in [5, 5.41) is 0.418. The molecule has 0 unspecified atom stereocenters. The van der Waals surface area contributed by atoms with Gasteiger partial charge in [-0.2, -0.15) is 0 Å². The number of ether oxygens (including phenoxy) is 1. The Labute approximate surface area is 104 Å². The summed E-state index contributed by atoms with van der Waals surface area (Å²) in [6.07, 6.45) is 3.08. The molecule has 0 bridgehead atoms. The first kappa shape index (κ1) is 11.6. The molecule has 1 aromatic heterocycles. The molecular formula is C13H10ClNO2. The Morgan fingerprint density at radius 1 is 1.29 bits per heavy atom. The molecule has 4 heteroatoms. The predicted molar refractivity (Wildman–Crippen MR) is 65.4 cm³/mol. The van der Waals surface area contributed by atoms with Gasteiger partial charge in [0, 0.05) is 6.20 Å². The average molecular weight is 248 g/mol. The van der Waals surface area contributed by atoms with Crippen molar-refractivity contribution < 1.29 is 9.53 Å². The lowest BCUT2D eigenvalue weighted by molar-refractivity contribution is 0.0734. The van der Waals surface area contributed by atoms with Gasteiger partial charge in [0.05, 0.1) is 16.8 Å². The lowest BCUT2D eigenvalue weighted by Gasteiger charge is -2.06. The van der Waals surface area contributed by atoms with Crippen molar-refractivity contribution in [1.29, 1.82) is 0 Å². The molecule has 0 saturated heterocycles. The first-order valence-corrected chi connectivity index (χ1v) is 5.43. The maximum atomic E-state index is 11.9. The van der Waals surface area contributed by atoms with Crippen molar-refractivity contribution in [3.63, 3.8) is 0 Å². The molecule has 2 aromatic rings. The lowest BCUT2D eigenvalue weighted by atomic mass is 10.1. The number of pyridine rings is 1. The largest absolute Gasteiger partial charge is 0.421 e. The standard InChI is InChI=1S/C13H10ClNO2/c1-9-4-2-6-11(12(9)14)13(16)17-10-5-3-7-15-8-10/h2-8H,1H3. The lowest BCUT2D eigenvalue weighted by Crippen LogP contribution is -2.09. The van der Waals surface area contributed by atoms with Crippen LogP contribution in [0.5, 0.6) is 5.75 Å². The third-order valence-electron chi connectivity index (χ3n) is 2.26. The maximum Gasteiger partial charge on any atom is 0.345 e. The van der Waals surface area contributed by atoms with Crippen LogP contribution < -0.4 is 4.74 Å². The third kappa shape index (κ3) is 2.63. The van der Waals surface area contributed by atoms with Crippen LogP contribution in [0.4, 0.5) is 0 Å². The highest BCUT2D eigenvalue weighted by Gasteiger charge is 2.13. The first-order valence-electron chi connectivity index (χ1n) is 5.06. The van der Waals surface area contributed by atoms with Gasteiger partial charge in [-0.15, -0.1) is 0 Å². The van der Waals surface area contributed by atoms with E-state index in [4.69, 9.17) is 16.3 Å². The van der Waals surface area contributed by atoms with Crippen LogP contribution in [-0.2, 0) is 0 Å². The summed E-state index contributed by atoms with van der Waals surface area (Å²) < 4.78 is 5.15. The molecule has 86 valence electrons. The monoisotopic (exact) mass is 247 g/mol. The van der Waals surface area contributed by atoms with Gasteiger partial charge in [-0.3, -0.25) is 4.98 Å². The van der Waals surface area contributed by atoms with E-state index >= 15 is 0 Å². The summed E-state index contributed by atoms with van der Waals surface area (Å²) in [5.41, 5.74) is 1.20. The first-order chi connectivity index (χ1) is 8.18. The van der Waals surface area contributed by atoms with Gasteiger partial charge in [0.25, 0.3) is 0 Å². The zero-order valence-corrected chi connectivity index (χ0v) is 9.94. The minimum Gasteiger partial charge on any atom is -0.421 e. The van der Waals surface area contributed by atoms with Gasteiger partial charge < -0.3 is 4.74 Å². The third-order valence-corrected chi connectivity index (χ3v) is 2.76. The van der Waals surface area contributed by atoms with E-state index in [-0.39, 0.29) is 0 Å². The van der Waals surface area contributed by atoms with Crippen LogP contribution in [0.3, 0.4) is 0 Å². The van der Waals surface area contributed by atoms with Gasteiger partial charge in [0.1, 0.15) is 5.75 Å². The SMILES string of the molecule is Cc1cccc(C(=O)Oc2cccnc2)c1Cl. The molecule has 0 fully saturated rings. The molecule has 0 atom stereocenters. The van der Waals surface area contributed by atoms with Crippen LogP contribution in [0.1, 0.15) is 15.9 Å². The van der Waals surface area contributed by atoms with Crippen molar-refractivity contribution in [2.45, 2.75) is 6.92 Å². The molecular weight excluding hydrogens is 238 g/mol. The maximum absolute atomic E-state index is 11.9. The van der Waals surface area contributed by atoms with Crippen LogP contribution in [0.25, 0.3) is 0 Å². The fourth-order valence-corrected chi connectivity index (χ4v) is 1.58. The number of hydrogen-bond donors (Lipinski definition) is 0. The van der Waals surface area contributed by atoms with Crippen LogP contribution >= 0.6 is 11.6 Å². The van der Waals surface area contributed by atoms with Crippen molar-refractivity contribution in [1.82, 2.24) is 4.98 Å². The Bertz CT molecular complexity index is 540. The quantitative estimate of drug-likeness (QED) is 0.765. The molecule has 0 saturated carbocycles. The smallest absolute Gasteiger partial charge is 0.345 e. The van der Waals surface area contributed by atoms with E-state index < -0.39 is 5.97 Å². The number of rotatable bonds is 2. The van der Waals surface area contributed by atoms with E-state index in [0.29, 0.717) is 16.3 Å². The van der Waals surface area contributed by atoms with Gasteiger partial charge in [0.2, 0.25) is 0 Å². The molecule has 0 aliphatic carbocycles. The molecule has 0 amide bonds. The Balaban J connectivity index is 2.24. The fourth-order valence-electron chi connectivity index (χ4n) is 1.37. The Morgan fingerprint density at radius 2 is 2.12 bits per heavy atom. The van der Waals surface area contributed by atoms with Gasteiger partial charge >= 0.3 is 5.97 Å². The van der Waals surface area contributed by atoms with Crippen molar-refractivity contribution in [2.75, 3.05) is 0 Å². The fraction of sp³-hybridized carbons (Fsp3) is 0.0769. The van der Waals surface area contributed by atoms with E-state index in [9.17, 15) is 4.79 Å². The van der Waals surface area contributed by atoms with Crippen LogP contribution in [0.2, 0.25) is 5.02 Å². The van der Waals surface area contributed by atoms with Gasteiger partial charge in [0.15, 0.2) is 0 Å². The summed E-state index contributed by atoms with van der Waals surface area (Å²) in [6.45, 7) is 1.84. The average Bonchev–Trinajstić information content (AvgIpc) is 2.34. The molecule has 0 aliphatic heterocycles. The molecule has 0 spiro atoms. The highest BCUT2D eigenvalue weighted by molar-refractivity contribution is 6.34. The second kappa shape index (κ2) is 4.97. The van der Waals surface area contributed by atoms with Gasteiger partial charge in [-0.05, 0) is 30.7 Å². The summed E-state index contributed by atoms with van der Waals surface area (Å²) in [4.78, 5) is 15.7. The number of esters is 1. The zero-order chi connectivity index (χ0) is 12.3. The van der Waals surface area contributed by atoms with Crippen molar-refractivity contribution in [2.24, 2.45) is 0 Å². The van der Waals surface area contributed by atoms with E-state index in [2.05, 4.69) is 4.98 Å². The molecule has 1 heterocycles. The number of halogens is 1. The number of benzene rings is 1. The number of aryl methyl sites for hydroxylation is 1. The Hall–Kier alpha value is -1.87. The minimum atomic E-state index is -0.480. The normalized spacial score (nSPS) is 10.0. The minimum absolute atomic E-state index is 0.357. The van der Waals surface area contributed by atoms with E-state index in [1.54, 1.807) is 30.5 Å². The molecule has 0 radical (unpaired) electrons. The Kier molecular flexibility index (Phi) is 3.40. The van der Waals surface area contributed by atoms with Crippen LogP contribution in [0.15, 0.2) is 42.7 Å². The highest BCUT2D eigenvalue weighted by atomic mass is 35.5. The van der Waals surface area contributed by atoms with Crippen molar-refractivity contribution in [3.05, 3.63) is 58.9 Å². The summed E-state index contributed by atoms with van der Waals surface area (Å²) >= 11 is 6.04. The number of nitrogens with zero attached hydrogens (tertiary/aromatic N) is 1. The summed E-state index contributed by atoms with van der Waals surface area (Å²) in [7, 11) is 0. The number of aromatic nitrogens is 1. The van der Waals surface area contributed by atoms with Crippen LogP contribution in [-0.4, -0.2) is 11.0 Å². The molecule has 0 N–H and O–H groups in total. The second-order valence-corrected chi connectivity index (χ2v) is 3.89. The topological polar surface area (TPSA) is 39.2 Å². The molecule has 1 aromatic carbocycles. The van der Waals surface area contributed by atoms with Gasteiger partial charge in [-0.25, -0.2) is 4.79 Å². The molecule has 0 aliphatic rings.